The molecule has 0 fully saturated rings. The molecule has 146 valence electrons. The highest BCUT2D eigenvalue weighted by molar-refractivity contribution is 7.89. The number of fused-ring (bicyclic) bond motifs is 1. The Labute approximate surface area is 162 Å². The van der Waals surface area contributed by atoms with Gasteiger partial charge in [0.1, 0.15) is 6.04 Å². The number of amides is 3. The van der Waals surface area contributed by atoms with Crippen LogP contribution < -0.4 is 5.32 Å². The number of carbonyl (C=O) groups excluding carboxylic acids is 3. The number of hydrogen-bond acceptors (Lipinski definition) is 5. The van der Waals surface area contributed by atoms with E-state index in [1.165, 1.54) is 45.3 Å². The Morgan fingerprint density at radius 3 is 1.93 bits per heavy atom. The first-order valence-electron chi connectivity index (χ1n) is 8.45. The number of hydrogen-bond donors (Lipinski definition) is 1. The molecule has 1 aliphatic heterocycles. The highest BCUT2D eigenvalue weighted by atomic mass is 32.2. The van der Waals surface area contributed by atoms with Crippen molar-refractivity contribution in [1.82, 2.24) is 9.21 Å². The van der Waals surface area contributed by atoms with Crippen LogP contribution >= 0.6 is 0 Å². The SMILES string of the molecule is C[C@@H](C(=O)Nc1ccc(S(=O)(=O)N(C)C)cc1)N1C(=O)c2ccccc2C1=O. The zero-order valence-electron chi connectivity index (χ0n) is 15.5. The van der Waals surface area contributed by atoms with E-state index >= 15 is 0 Å². The molecule has 0 unspecified atom stereocenters. The van der Waals surface area contributed by atoms with E-state index in [0.717, 1.165) is 9.21 Å². The number of anilines is 1. The summed E-state index contributed by atoms with van der Waals surface area (Å²) in [6.07, 6.45) is 0. The fourth-order valence-corrected chi connectivity index (χ4v) is 3.75. The number of rotatable bonds is 5. The molecular formula is C19H19N3O5S. The second-order valence-electron chi connectivity index (χ2n) is 6.50. The third kappa shape index (κ3) is 3.30. The van der Waals surface area contributed by atoms with Crippen molar-refractivity contribution in [2.24, 2.45) is 0 Å². The van der Waals surface area contributed by atoms with Crippen molar-refractivity contribution in [2.75, 3.05) is 19.4 Å². The van der Waals surface area contributed by atoms with Crippen molar-refractivity contribution >= 4 is 33.4 Å². The summed E-state index contributed by atoms with van der Waals surface area (Å²) in [6, 6.07) is 11.0. The van der Waals surface area contributed by atoms with Gasteiger partial charge >= 0.3 is 0 Å². The second-order valence-corrected chi connectivity index (χ2v) is 8.65. The van der Waals surface area contributed by atoms with E-state index in [0.29, 0.717) is 5.69 Å². The maximum Gasteiger partial charge on any atom is 0.262 e. The van der Waals surface area contributed by atoms with Crippen LogP contribution in [0, 0.1) is 0 Å². The molecule has 0 saturated heterocycles. The van der Waals surface area contributed by atoms with Gasteiger partial charge in [-0.25, -0.2) is 12.7 Å². The highest BCUT2D eigenvalue weighted by Gasteiger charge is 2.40. The average molecular weight is 401 g/mol. The molecule has 2 aromatic carbocycles. The van der Waals surface area contributed by atoms with Crippen LogP contribution in [0.5, 0.6) is 0 Å². The maximum atomic E-state index is 12.5. The number of benzene rings is 2. The van der Waals surface area contributed by atoms with Gasteiger partial charge in [-0.3, -0.25) is 19.3 Å². The van der Waals surface area contributed by atoms with Gasteiger partial charge in [0.25, 0.3) is 11.8 Å². The molecule has 3 rings (SSSR count). The van der Waals surface area contributed by atoms with Crippen LogP contribution in [0.1, 0.15) is 27.6 Å². The minimum absolute atomic E-state index is 0.0869. The summed E-state index contributed by atoms with van der Waals surface area (Å²) in [5, 5.41) is 2.60. The lowest BCUT2D eigenvalue weighted by molar-refractivity contribution is -0.119. The lowest BCUT2D eigenvalue weighted by Crippen LogP contribution is -2.45. The van der Waals surface area contributed by atoms with E-state index < -0.39 is 33.8 Å². The summed E-state index contributed by atoms with van der Waals surface area (Å²) in [5.74, 6) is -1.59. The fraction of sp³-hybridized carbons (Fsp3) is 0.211. The van der Waals surface area contributed by atoms with Crippen LogP contribution in [-0.2, 0) is 14.8 Å². The van der Waals surface area contributed by atoms with Crippen molar-refractivity contribution in [3.8, 4) is 0 Å². The summed E-state index contributed by atoms with van der Waals surface area (Å²) in [7, 11) is -0.723. The summed E-state index contributed by atoms with van der Waals surface area (Å²) in [6.45, 7) is 1.46. The van der Waals surface area contributed by atoms with Gasteiger partial charge in [0.2, 0.25) is 15.9 Å². The number of carbonyl (C=O) groups is 3. The van der Waals surface area contributed by atoms with Gasteiger partial charge in [0.05, 0.1) is 16.0 Å². The normalized spacial score (nSPS) is 14.9. The number of nitrogens with zero attached hydrogens (tertiary/aromatic N) is 2. The number of sulfonamides is 1. The van der Waals surface area contributed by atoms with E-state index in [1.54, 1.807) is 24.3 Å². The molecular weight excluding hydrogens is 382 g/mol. The van der Waals surface area contributed by atoms with Crippen LogP contribution in [0.4, 0.5) is 5.69 Å². The lowest BCUT2D eigenvalue weighted by atomic mass is 10.1. The van der Waals surface area contributed by atoms with Gasteiger partial charge in [0.15, 0.2) is 0 Å². The predicted molar refractivity (Wildman–Crippen MR) is 102 cm³/mol. The molecule has 0 bridgehead atoms. The van der Waals surface area contributed by atoms with Crippen molar-refractivity contribution in [3.63, 3.8) is 0 Å². The average Bonchev–Trinajstić information content (AvgIpc) is 2.92. The third-order valence-electron chi connectivity index (χ3n) is 4.49. The van der Waals surface area contributed by atoms with Gasteiger partial charge in [0, 0.05) is 19.8 Å². The van der Waals surface area contributed by atoms with Crippen LogP contribution in [-0.4, -0.2) is 55.5 Å². The fourth-order valence-electron chi connectivity index (χ4n) is 2.84. The Kier molecular flexibility index (Phi) is 5.05. The molecule has 3 amide bonds. The molecule has 0 saturated carbocycles. The van der Waals surface area contributed by atoms with Crippen molar-refractivity contribution in [1.29, 1.82) is 0 Å². The van der Waals surface area contributed by atoms with Crippen molar-refractivity contribution < 1.29 is 22.8 Å². The predicted octanol–water partition coefficient (Wildman–Crippen LogP) is 1.56. The van der Waals surface area contributed by atoms with Crippen LogP contribution in [0.2, 0.25) is 0 Å². The van der Waals surface area contributed by atoms with Crippen molar-refractivity contribution in [3.05, 3.63) is 59.7 Å². The van der Waals surface area contributed by atoms with Gasteiger partial charge in [-0.15, -0.1) is 0 Å². The standard InChI is InChI=1S/C19H19N3O5S/c1-12(22-18(24)15-6-4-5-7-16(15)19(22)25)17(23)20-13-8-10-14(11-9-13)28(26,27)21(2)3/h4-12H,1-3H3,(H,20,23)/t12-/m0/s1. The summed E-state index contributed by atoms with van der Waals surface area (Å²) >= 11 is 0. The largest absolute Gasteiger partial charge is 0.324 e. The van der Waals surface area contributed by atoms with E-state index in [9.17, 15) is 22.8 Å². The molecule has 8 nitrogen and oxygen atoms in total. The maximum absolute atomic E-state index is 12.5. The Morgan fingerprint density at radius 1 is 0.964 bits per heavy atom. The molecule has 1 N–H and O–H groups in total. The summed E-state index contributed by atoms with van der Waals surface area (Å²) in [5.41, 5.74) is 0.891. The van der Waals surface area contributed by atoms with E-state index in [4.69, 9.17) is 0 Å². The first kappa shape index (κ1) is 19.7. The zero-order valence-corrected chi connectivity index (χ0v) is 16.4. The topological polar surface area (TPSA) is 104 Å². The molecule has 1 atom stereocenters. The van der Waals surface area contributed by atoms with Crippen LogP contribution in [0.3, 0.4) is 0 Å². The zero-order chi connectivity index (χ0) is 20.6. The number of imide groups is 1. The molecule has 9 heteroatoms. The van der Waals surface area contributed by atoms with E-state index in [2.05, 4.69) is 5.32 Å². The molecule has 2 aromatic rings. The molecule has 28 heavy (non-hydrogen) atoms. The molecule has 0 radical (unpaired) electrons. The summed E-state index contributed by atoms with van der Waals surface area (Å²) < 4.78 is 25.3. The molecule has 1 heterocycles. The lowest BCUT2D eigenvalue weighted by Gasteiger charge is -2.21. The quantitative estimate of drug-likeness (QED) is 0.766. The Bertz CT molecular complexity index is 1030. The Hall–Kier alpha value is -3.04. The molecule has 0 aliphatic carbocycles. The number of nitrogens with one attached hydrogen (secondary N) is 1. The van der Waals surface area contributed by atoms with Gasteiger partial charge in [-0.2, -0.15) is 0 Å². The molecule has 0 aromatic heterocycles. The Morgan fingerprint density at radius 2 is 1.46 bits per heavy atom. The smallest absolute Gasteiger partial charge is 0.262 e. The molecule has 0 spiro atoms. The monoisotopic (exact) mass is 401 g/mol. The van der Waals surface area contributed by atoms with Gasteiger partial charge in [-0.1, -0.05) is 12.1 Å². The minimum atomic E-state index is -3.57. The van der Waals surface area contributed by atoms with Crippen LogP contribution in [0.25, 0.3) is 0 Å². The van der Waals surface area contributed by atoms with Crippen LogP contribution in [0.15, 0.2) is 53.4 Å². The van der Waals surface area contributed by atoms with Crippen molar-refractivity contribution in [2.45, 2.75) is 17.9 Å². The van der Waals surface area contributed by atoms with E-state index in [-0.39, 0.29) is 16.0 Å². The third-order valence-corrected chi connectivity index (χ3v) is 6.32. The minimum Gasteiger partial charge on any atom is -0.324 e. The van der Waals surface area contributed by atoms with Gasteiger partial charge < -0.3 is 5.32 Å². The first-order valence-corrected chi connectivity index (χ1v) is 9.89. The Balaban J connectivity index is 1.75. The second kappa shape index (κ2) is 7.17. The molecule has 1 aliphatic rings. The van der Waals surface area contributed by atoms with E-state index in [1.807, 2.05) is 0 Å². The first-order chi connectivity index (χ1) is 13.1. The summed E-state index contributed by atoms with van der Waals surface area (Å²) in [4.78, 5) is 38.5. The van der Waals surface area contributed by atoms with Gasteiger partial charge in [-0.05, 0) is 43.3 Å². The highest BCUT2D eigenvalue weighted by Crippen LogP contribution is 2.25.